The van der Waals surface area contributed by atoms with Gasteiger partial charge >= 0.3 is 0 Å². The van der Waals surface area contributed by atoms with E-state index in [0.29, 0.717) is 0 Å². The molecule has 0 saturated heterocycles. The Balaban J connectivity index is 0.00000112. The van der Waals surface area contributed by atoms with Gasteiger partial charge in [0.1, 0.15) is 0 Å². The third kappa shape index (κ3) is 3.00. The molecule has 0 aromatic heterocycles. The van der Waals surface area contributed by atoms with Gasteiger partial charge in [0.25, 0.3) is 0 Å². The van der Waals surface area contributed by atoms with Crippen LogP contribution in [0.1, 0.15) is 0 Å². The SMILES string of the molecule is N.Nc1ccc(Nc2ccccc2)cc1. The molecule has 6 N–H and O–H groups in total. The fourth-order valence-electron chi connectivity index (χ4n) is 1.25. The van der Waals surface area contributed by atoms with Gasteiger partial charge in [-0.15, -0.1) is 0 Å². The number of nitrogens with two attached hydrogens (primary N) is 1. The lowest BCUT2D eigenvalue weighted by Crippen LogP contribution is -1.90. The molecule has 0 aliphatic heterocycles. The maximum Gasteiger partial charge on any atom is 0.0385 e. The first kappa shape index (κ1) is 11.1. The summed E-state index contributed by atoms with van der Waals surface area (Å²) in [6.07, 6.45) is 0. The highest BCUT2D eigenvalue weighted by molar-refractivity contribution is 5.61. The summed E-state index contributed by atoms with van der Waals surface area (Å²) in [5.74, 6) is 0. The maximum atomic E-state index is 5.59. The van der Waals surface area contributed by atoms with Crippen molar-refractivity contribution in [1.82, 2.24) is 6.15 Å². The zero-order valence-corrected chi connectivity index (χ0v) is 8.48. The first-order chi connectivity index (χ1) is 6.84. The fourth-order valence-corrected chi connectivity index (χ4v) is 1.25. The van der Waals surface area contributed by atoms with Crippen LogP contribution in [-0.4, -0.2) is 0 Å². The van der Waals surface area contributed by atoms with E-state index in [4.69, 9.17) is 5.73 Å². The molecule has 0 saturated carbocycles. The number of benzene rings is 2. The molecule has 3 heteroatoms. The van der Waals surface area contributed by atoms with Crippen molar-refractivity contribution < 1.29 is 0 Å². The van der Waals surface area contributed by atoms with E-state index in [-0.39, 0.29) is 6.15 Å². The number of nitrogens with one attached hydrogen (secondary N) is 1. The van der Waals surface area contributed by atoms with Crippen LogP contribution in [0, 0.1) is 0 Å². The summed E-state index contributed by atoms with van der Waals surface area (Å²) >= 11 is 0. The zero-order valence-electron chi connectivity index (χ0n) is 8.48. The standard InChI is InChI=1S/C12H12N2.H3N/c13-10-6-8-12(9-7-10)14-11-4-2-1-3-5-11;/h1-9,14H,13H2;1H3. The van der Waals surface area contributed by atoms with Crippen LogP contribution >= 0.6 is 0 Å². The average molecular weight is 201 g/mol. The van der Waals surface area contributed by atoms with Crippen LogP contribution in [-0.2, 0) is 0 Å². The van der Waals surface area contributed by atoms with Crippen molar-refractivity contribution in [3.63, 3.8) is 0 Å². The topological polar surface area (TPSA) is 73.0 Å². The van der Waals surface area contributed by atoms with Crippen LogP contribution in [0.3, 0.4) is 0 Å². The molecule has 0 aliphatic carbocycles. The highest BCUT2D eigenvalue weighted by Gasteiger charge is 1.92. The van der Waals surface area contributed by atoms with Gasteiger partial charge in [-0.05, 0) is 36.4 Å². The van der Waals surface area contributed by atoms with Crippen LogP contribution < -0.4 is 17.2 Å². The van der Waals surface area contributed by atoms with Crippen LogP contribution in [0.4, 0.5) is 17.1 Å². The lowest BCUT2D eigenvalue weighted by Gasteiger charge is -2.05. The Bertz CT molecular complexity index is 395. The molecule has 0 heterocycles. The lowest BCUT2D eigenvalue weighted by molar-refractivity contribution is 1.55. The second-order valence-corrected chi connectivity index (χ2v) is 3.11. The third-order valence-electron chi connectivity index (χ3n) is 1.97. The first-order valence-corrected chi connectivity index (χ1v) is 4.52. The van der Waals surface area contributed by atoms with E-state index < -0.39 is 0 Å². The minimum absolute atomic E-state index is 0. The van der Waals surface area contributed by atoms with Crippen LogP contribution in [0.2, 0.25) is 0 Å². The molecule has 0 bridgehead atoms. The molecule has 0 amide bonds. The highest BCUT2D eigenvalue weighted by Crippen LogP contribution is 2.16. The van der Waals surface area contributed by atoms with E-state index in [2.05, 4.69) is 5.32 Å². The quantitative estimate of drug-likeness (QED) is 0.653. The van der Waals surface area contributed by atoms with Gasteiger partial charge in [0.15, 0.2) is 0 Å². The molecule has 2 aromatic carbocycles. The van der Waals surface area contributed by atoms with Crippen molar-refractivity contribution in [3.05, 3.63) is 54.6 Å². The summed E-state index contributed by atoms with van der Waals surface area (Å²) < 4.78 is 0. The summed E-state index contributed by atoms with van der Waals surface area (Å²) in [6.45, 7) is 0. The number of anilines is 3. The van der Waals surface area contributed by atoms with Crippen LogP contribution in [0.15, 0.2) is 54.6 Å². The first-order valence-electron chi connectivity index (χ1n) is 4.52. The maximum absolute atomic E-state index is 5.59. The molecule has 0 atom stereocenters. The Morgan fingerprint density at radius 2 is 1.27 bits per heavy atom. The van der Waals surface area contributed by atoms with E-state index in [9.17, 15) is 0 Å². The highest BCUT2D eigenvalue weighted by atomic mass is 14.9. The monoisotopic (exact) mass is 201 g/mol. The predicted molar refractivity (Wildman–Crippen MR) is 65.6 cm³/mol. The molecule has 15 heavy (non-hydrogen) atoms. The molecule has 0 radical (unpaired) electrons. The van der Waals surface area contributed by atoms with E-state index in [1.165, 1.54) is 0 Å². The second-order valence-electron chi connectivity index (χ2n) is 3.11. The normalized spacial score (nSPS) is 9.07. The van der Waals surface area contributed by atoms with Crippen molar-refractivity contribution in [2.45, 2.75) is 0 Å². The second kappa shape index (κ2) is 5.02. The largest absolute Gasteiger partial charge is 0.399 e. The predicted octanol–water partition coefficient (Wildman–Crippen LogP) is 3.17. The number of hydrogen-bond donors (Lipinski definition) is 3. The van der Waals surface area contributed by atoms with Gasteiger partial charge in [0.2, 0.25) is 0 Å². The molecule has 0 unspecified atom stereocenters. The third-order valence-corrected chi connectivity index (χ3v) is 1.97. The minimum atomic E-state index is 0. The summed E-state index contributed by atoms with van der Waals surface area (Å²) in [5.41, 5.74) is 8.50. The molecule has 78 valence electrons. The molecular formula is C12H15N3. The van der Waals surface area contributed by atoms with Crippen molar-refractivity contribution in [3.8, 4) is 0 Å². The molecular weight excluding hydrogens is 186 g/mol. The Hall–Kier alpha value is -2.00. The Kier molecular flexibility index (Phi) is 3.71. The number of rotatable bonds is 2. The van der Waals surface area contributed by atoms with Crippen LogP contribution in [0.25, 0.3) is 0 Å². The molecule has 2 aromatic rings. The van der Waals surface area contributed by atoms with Gasteiger partial charge in [-0.2, -0.15) is 0 Å². The molecule has 3 nitrogen and oxygen atoms in total. The van der Waals surface area contributed by atoms with Crippen molar-refractivity contribution >= 4 is 17.1 Å². The van der Waals surface area contributed by atoms with Gasteiger partial charge in [-0.25, -0.2) is 0 Å². The zero-order chi connectivity index (χ0) is 9.80. The van der Waals surface area contributed by atoms with Gasteiger partial charge in [-0.3, -0.25) is 0 Å². The van der Waals surface area contributed by atoms with E-state index in [1.807, 2.05) is 54.6 Å². The molecule has 0 fully saturated rings. The van der Waals surface area contributed by atoms with Gasteiger partial charge < -0.3 is 17.2 Å². The Morgan fingerprint density at radius 1 is 0.733 bits per heavy atom. The van der Waals surface area contributed by atoms with Crippen molar-refractivity contribution in [1.29, 1.82) is 0 Å². The summed E-state index contributed by atoms with van der Waals surface area (Å²) in [6, 6.07) is 17.7. The lowest BCUT2D eigenvalue weighted by atomic mass is 10.2. The number of para-hydroxylation sites is 1. The van der Waals surface area contributed by atoms with E-state index in [0.717, 1.165) is 17.1 Å². The molecule has 0 spiro atoms. The van der Waals surface area contributed by atoms with Crippen molar-refractivity contribution in [2.24, 2.45) is 0 Å². The smallest absolute Gasteiger partial charge is 0.0385 e. The molecule has 2 rings (SSSR count). The van der Waals surface area contributed by atoms with Crippen molar-refractivity contribution in [2.75, 3.05) is 11.1 Å². The van der Waals surface area contributed by atoms with E-state index >= 15 is 0 Å². The summed E-state index contributed by atoms with van der Waals surface area (Å²) in [4.78, 5) is 0. The Morgan fingerprint density at radius 3 is 1.87 bits per heavy atom. The van der Waals surface area contributed by atoms with Gasteiger partial charge in [0, 0.05) is 17.1 Å². The number of hydrogen-bond acceptors (Lipinski definition) is 3. The van der Waals surface area contributed by atoms with Gasteiger partial charge in [-0.1, -0.05) is 18.2 Å². The van der Waals surface area contributed by atoms with E-state index in [1.54, 1.807) is 0 Å². The molecule has 0 aliphatic rings. The fraction of sp³-hybridized carbons (Fsp3) is 0. The average Bonchev–Trinajstić information content (AvgIpc) is 2.23. The number of nitrogen functional groups attached to an aromatic ring is 1. The van der Waals surface area contributed by atoms with Crippen LogP contribution in [0.5, 0.6) is 0 Å². The minimum Gasteiger partial charge on any atom is -0.399 e. The Labute approximate surface area is 89.5 Å². The summed E-state index contributed by atoms with van der Waals surface area (Å²) in [7, 11) is 0. The summed E-state index contributed by atoms with van der Waals surface area (Å²) in [5, 5.41) is 3.28. The van der Waals surface area contributed by atoms with Gasteiger partial charge in [0.05, 0.1) is 0 Å².